The molecule has 0 spiro atoms. The van der Waals surface area contributed by atoms with Gasteiger partial charge in [-0.25, -0.2) is 4.79 Å². The molecule has 0 bridgehead atoms. The number of hydrogen-bond donors (Lipinski definition) is 1. The molecule has 21 heavy (non-hydrogen) atoms. The van der Waals surface area contributed by atoms with Gasteiger partial charge in [0.15, 0.2) is 0 Å². The number of hydrogen-bond acceptors (Lipinski definition) is 2. The molecule has 1 fully saturated rings. The second-order valence-electron chi connectivity index (χ2n) is 5.82. The van der Waals surface area contributed by atoms with Crippen LogP contribution in [0.15, 0.2) is 24.3 Å². The molecule has 1 aliphatic rings. The van der Waals surface area contributed by atoms with Crippen molar-refractivity contribution in [3.63, 3.8) is 0 Å². The highest BCUT2D eigenvalue weighted by Crippen LogP contribution is 2.15. The Bertz CT molecular complexity index is 461. The van der Waals surface area contributed by atoms with Crippen molar-refractivity contribution in [2.24, 2.45) is 0 Å². The highest BCUT2D eigenvalue weighted by atomic mass is 35.5. The van der Waals surface area contributed by atoms with E-state index in [0.717, 1.165) is 37.9 Å². The minimum absolute atomic E-state index is 0.0318. The maximum atomic E-state index is 12.2. The second-order valence-corrected chi connectivity index (χ2v) is 6.26. The van der Waals surface area contributed by atoms with E-state index in [1.54, 1.807) is 0 Å². The van der Waals surface area contributed by atoms with Crippen LogP contribution in [0, 0.1) is 0 Å². The Morgan fingerprint density at radius 2 is 2.00 bits per heavy atom. The number of benzene rings is 1. The fourth-order valence-corrected chi connectivity index (χ4v) is 2.82. The summed E-state index contributed by atoms with van der Waals surface area (Å²) in [6.07, 6.45) is 3.27. The second kappa shape index (κ2) is 7.66. The third kappa shape index (κ3) is 4.90. The normalized spacial score (nSPS) is 19.4. The van der Waals surface area contributed by atoms with Crippen molar-refractivity contribution in [1.29, 1.82) is 0 Å². The molecule has 1 aliphatic heterocycles. The molecule has 4 nitrogen and oxygen atoms in total. The molecule has 0 aliphatic carbocycles. The molecule has 1 heterocycles. The fourth-order valence-electron chi connectivity index (χ4n) is 2.69. The van der Waals surface area contributed by atoms with Crippen LogP contribution in [-0.2, 0) is 6.54 Å². The minimum atomic E-state index is 0.0318. The molecule has 1 aromatic carbocycles. The van der Waals surface area contributed by atoms with E-state index >= 15 is 0 Å². The summed E-state index contributed by atoms with van der Waals surface area (Å²) in [5.41, 5.74) is 1.06. The van der Waals surface area contributed by atoms with Crippen LogP contribution in [-0.4, -0.2) is 49.1 Å². The van der Waals surface area contributed by atoms with Crippen molar-refractivity contribution in [3.8, 4) is 0 Å². The topological polar surface area (TPSA) is 35.6 Å². The Labute approximate surface area is 132 Å². The van der Waals surface area contributed by atoms with E-state index in [4.69, 9.17) is 11.6 Å². The molecule has 5 heteroatoms. The van der Waals surface area contributed by atoms with Crippen molar-refractivity contribution in [1.82, 2.24) is 15.1 Å². The molecular formula is C16H24ClN3O. The quantitative estimate of drug-likeness (QED) is 0.932. The Kier molecular flexibility index (Phi) is 5.88. The number of nitrogens with zero attached hydrogens (tertiary/aromatic N) is 2. The van der Waals surface area contributed by atoms with Gasteiger partial charge in [-0.05, 0) is 51.1 Å². The fraction of sp³-hybridized carbons (Fsp3) is 0.562. The van der Waals surface area contributed by atoms with Crippen LogP contribution >= 0.6 is 11.6 Å². The van der Waals surface area contributed by atoms with E-state index < -0.39 is 0 Å². The van der Waals surface area contributed by atoms with Gasteiger partial charge >= 0.3 is 6.03 Å². The van der Waals surface area contributed by atoms with Crippen LogP contribution in [0.5, 0.6) is 0 Å². The first kappa shape index (κ1) is 16.1. The molecule has 1 N–H and O–H groups in total. The van der Waals surface area contributed by atoms with E-state index in [9.17, 15) is 4.79 Å². The zero-order valence-electron chi connectivity index (χ0n) is 12.8. The van der Waals surface area contributed by atoms with Gasteiger partial charge in [-0.2, -0.15) is 0 Å². The molecule has 0 aromatic heterocycles. The predicted molar refractivity (Wildman–Crippen MR) is 86.6 cm³/mol. The Balaban J connectivity index is 1.81. The molecule has 116 valence electrons. The molecule has 0 saturated carbocycles. The van der Waals surface area contributed by atoms with Crippen LogP contribution in [0.4, 0.5) is 4.79 Å². The Hall–Kier alpha value is -1.26. The predicted octanol–water partition coefficient (Wildman–Crippen LogP) is 2.97. The average Bonchev–Trinajstić information content (AvgIpc) is 2.72. The van der Waals surface area contributed by atoms with Gasteiger partial charge in [0.2, 0.25) is 0 Å². The third-order valence-electron chi connectivity index (χ3n) is 4.07. The summed E-state index contributed by atoms with van der Waals surface area (Å²) in [5.74, 6) is 0. The molecule has 2 rings (SSSR count). The van der Waals surface area contributed by atoms with Gasteiger partial charge in [0.1, 0.15) is 0 Å². The number of halogens is 1. The van der Waals surface area contributed by atoms with Gasteiger partial charge in [-0.1, -0.05) is 23.7 Å². The van der Waals surface area contributed by atoms with Gasteiger partial charge in [-0.3, -0.25) is 0 Å². The SMILES string of the molecule is CN(C)[C@@H]1CCCN(C(=O)NCc2ccc(Cl)cc2)CC1. The smallest absolute Gasteiger partial charge is 0.317 e. The summed E-state index contributed by atoms with van der Waals surface area (Å²) >= 11 is 5.85. The molecule has 0 unspecified atom stereocenters. The maximum Gasteiger partial charge on any atom is 0.317 e. The van der Waals surface area contributed by atoms with Crippen LogP contribution in [0.3, 0.4) is 0 Å². The molecule has 1 atom stereocenters. The van der Waals surface area contributed by atoms with Crippen molar-refractivity contribution in [2.75, 3.05) is 27.2 Å². The van der Waals surface area contributed by atoms with Crippen LogP contribution in [0.25, 0.3) is 0 Å². The number of rotatable bonds is 3. The van der Waals surface area contributed by atoms with E-state index in [0.29, 0.717) is 17.6 Å². The Morgan fingerprint density at radius 1 is 1.29 bits per heavy atom. The number of carbonyl (C=O) groups is 1. The molecule has 1 aromatic rings. The van der Waals surface area contributed by atoms with E-state index in [1.807, 2.05) is 29.2 Å². The first-order valence-corrected chi connectivity index (χ1v) is 7.87. The van der Waals surface area contributed by atoms with E-state index in [-0.39, 0.29) is 6.03 Å². The number of nitrogens with one attached hydrogen (secondary N) is 1. The number of urea groups is 1. The van der Waals surface area contributed by atoms with Crippen molar-refractivity contribution in [3.05, 3.63) is 34.9 Å². The number of carbonyl (C=O) groups excluding carboxylic acids is 1. The maximum absolute atomic E-state index is 12.2. The molecule has 0 radical (unpaired) electrons. The number of likely N-dealkylation sites (tertiary alicyclic amines) is 1. The summed E-state index contributed by atoms with van der Waals surface area (Å²) in [6.45, 7) is 2.22. The molecular weight excluding hydrogens is 286 g/mol. The monoisotopic (exact) mass is 309 g/mol. The van der Waals surface area contributed by atoms with Crippen LogP contribution in [0.2, 0.25) is 5.02 Å². The zero-order chi connectivity index (χ0) is 15.2. The summed E-state index contributed by atoms with van der Waals surface area (Å²) in [6, 6.07) is 8.18. The van der Waals surface area contributed by atoms with Crippen LogP contribution in [0.1, 0.15) is 24.8 Å². The minimum Gasteiger partial charge on any atom is -0.334 e. The van der Waals surface area contributed by atoms with Crippen molar-refractivity contribution >= 4 is 17.6 Å². The van der Waals surface area contributed by atoms with Gasteiger partial charge in [0.05, 0.1) is 0 Å². The first-order valence-electron chi connectivity index (χ1n) is 7.50. The lowest BCUT2D eigenvalue weighted by Crippen LogP contribution is -2.40. The lowest BCUT2D eigenvalue weighted by Gasteiger charge is -2.23. The summed E-state index contributed by atoms with van der Waals surface area (Å²) in [5, 5.41) is 3.71. The van der Waals surface area contributed by atoms with Gasteiger partial charge < -0.3 is 15.1 Å². The van der Waals surface area contributed by atoms with E-state index in [1.165, 1.54) is 0 Å². The first-order chi connectivity index (χ1) is 10.1. The molecule has 1 saturated heterocycles. The Morgan fingerprint density at radius 3 is 2.67 bits per heavy atom. The highest BCUT2D eigenvalue weighted by Gasteiger charge is 2.21. The highest BCUT2D eigenvalue weighted by molar-refractivity contribution is 6.30. The zero-order valence-corrected chi connectivity index (χ0v) is 13.6. The standard InChI is InChI=1S/C16H24ClN3O/c1-19(2)15-4-3-10-20(11-9-15)16(21)18-12-13-5-7-14(17)8-6-13/h5-8,15H,3-4,9-12H2,1-2H3,(H,18,21)/t15-/m1/s1. The third-order valence-corrected chi connectivity index (χ3v) is 4.32. The van der Waals surface area contributed by atoms with Gasteiger partial charge in [0.25, 0.3) is 0 Å². The van der Waals surface area contributed by atoms with Gasteiger partial charge in [0, 0.05) is 30.7 Å². The number of amides is 2. The largest absolute Gasteiger partial charge is 0.334 e. The lowest BCUT2D eigenvalue weighted by molar-refractivity contribution is 0.197. The summed E-state index contributed by atoms with van der Waals surface area (Å²) < 4.78 is 0. The average molecular weight is 310 g/mol. The lowest BCUT2D eigenvalue weighted by atomic mass is 10.1. The van der Waals surface area contributed by atoms with Crippen molar-refractivity contribution in [2.45, 2.75) is 31.8 Å². The van der Waals surface area contributed by atoms with Crippen LogP contribution < -0.4 is 5.32 Å². The van der Waals surface area contributed by atoms with E-state index in [2.05, 4.69) is 24.3 Å². The van der Waals surface area contributed by atoms with Gasteiger partial charge in [-0.15, -0.1) is 0 Å². The van der Waals surface area contributed by atoms with Crippen molar-refractivity contribution < 1.29 is 4.79 Å². The summed E-state index contributed by atoms with van der Waals surface area (Å²) in [7, 11) is 4.22. The summed E-state index contributed by atoms with van der Waals surface area (Å²) in [4.78, 5) is 16.4. The molecule has 2 amide bonds.